The Morgan fingerprint density at radius 1 is 1.33 bits per heavy atom. The van der Waals surface area contributed by atoms with Gasteiger partial charge in [0.05, 0.1) is 0 Å². The number of rotatable bonds is 3. The summed E-state index contributed by atoms with van der Waals surface area (Å²) in [7, 11) is 2.81. The Bertz CT molecular complexity index is 330. The summed E-state index contributed by atoms with van der Waals surface area (Å²) in [5, 5.41) is 0. The summed E-state index contributed by atoms with van der Waals surface area (Å²) in [6.45, 7) is 2.32. The van der Waals surface area contributed by atoms with Crippen LogP contribution in [0.15, 0.2) is 18.2 Å². The Morgan fingerprint density at radius 3 is 2.93 bits per heavy atom. The molecule has 0 radical (unpaired) electrons. The van der Waals surface area contributed by atoms with Gasteiger partial charge in [-0.1, -0.05) is 31.5 Å². The summed E-state index contributed by atoms with van der Waals surface area (Å²) in [6.07, 6.45) is 7.73. The molecule has 0 saturated carbocycles. The van der Waals surface area contributed by atoms with E-state index in [0.29, 0.717) is 0 Å². The van der Waals surface area contributed by atoms with Gasteiger partial charge in [-0.15, -0.1) is 9.24 Å². The van der Waals surface area contributed by atoms with E-state index in [1.54, 1.807) is 11.1 Å². The van der Waals surface area contributed by atoms with Gasteiger partial charge in [0.2, 0.25) is 0 Å². The fourth-order valence-corrected chi connectivity index (χ4v) is 2.89. The molecule has 0 bridgehead atoms. The molecule has 0 spiro atoms. The number of benzene rings is 1. The third kappa shape index (κ3) is 2.61. The van der Waals surface area contributed by atoms with Gasteiger partial charge in [0.1, 0.15) is 0 Å². The van der Waals surface area contributed by atoms with E-state index < -0.39 is 0 Å². The molecule has 0 saturated heterocycles. The fourth-order valence-electron chi connectivity index (χ4n) is 2.56. The second-order valence-corrected chi connectivity index (χ2v) is 5.24. The molecule has 1 aromatic rings. The second kappa shape index (κ2) is 5.12. The zero-order valence-electron chi connectivity index (χ0n) is 9.63. The van der Waals surface area contributed by atoms with E-state index in [9.17, 15) is 0 Å². The van der Waals surface area contributed by atoms with E-state index in [2.05, 4.69) is 34.4 Å². The highest BCUT2D eigenvalue weighted by Crippen LogP contribution is 2.28. The minimum atomic E-state index is 0.934. The Kier molecular flexibility index (Phi) is 3.81. The molecule has 15 heavy (non-hydrogen) atoms. The monoisotopic (exact) mass is 220 g/mol. The fraction of sp³-hybridized carbons (Fsp3) is 0.571. The number of hydrogen-bond acceptors (Lipinski definition) is 0. The third-order valence-corrected chi connectivity index (χ3v) is 3.90. The standard InChI is InChI=1S/C14H21P/c1-2-11-3-5-13-6-4-12(7-8-15)10-14(13)9-11/h4,6,10-11H,2-3,5,7-9,15H2,1H3. The summed E-state index contributed by atoms with van der Waals surface area (Å²) in [5.41, 5.74) is 4.75. The minimum absolute atomic E-state index is 0.934. The molecule has 0 heterocycles. The van der Waals surface area contributed by atoms with Crippen LogP contribution in [0.2, 0.25) is 0 Å². The lowest BCUT2D eigenvalue weighted by Gasteiger charge is -2.24. The van der Waals surface area contributed by atoms with Crippen molar-refractivity contribution >= 4 is 9.24 Å². The van der Waals surface area contributed by atoms with Gasteiger partial charge in [0.15, 0.2) is 0 Å². The molecule has 0 amide bonds. The van der Waals surface area contributed by atoms with Gasteiger partial charge in [-0.3, -0.25) is 0 Å². The molecule has 1 aromatic carbocycles. The number of aryl methyl sites for hydroxylation is 2. The van der Waals surface area contributed by atoms with E-state index in [1.165, 1.54) is 43.8 Å². The maximum absolute atomic E-state index is 2.81. The molecular weight excluding hydrogens is 199 g/mol. The van der Waals surface area contributed by atoms with Gasteiger partial charge >= 0.3 is 0 Å². The van der Waals surface area contributed by atoms with Crippen LogP contribution in [0.3, 0.4) is 0 Å². The SMILES string of the molecule is CCC1CCc2ccc(CCP)cc2C1. The lowest BCUT2D eigenvalue weighted by molar-refractivity contribution is 0.445. The smallest absolute Gasteiger partial charge is 0.0244 e. The van der Waals surface area contributed by atoms with E-state index in [1.807, 2.05) is 0 Å². The van der Waals surface area contributed by atoms with Crippen LogP contribution in [-0.4, -0.2) is 6.16 Å². The van der Waals surface area contributed by atoms with Crippen LogP contribution in [0.25, 0.3) is 0 Å². The Morgan fingerprint density at radius 2 is 2.20 bits per heavy atom. The Labute approximate surface area is 95.7 Å². The van der Waals surface area contributed by atoms with Crippen molar-refractivity contribution in [2.45, 2.75) is 39.0 Å². The molecule has 2 rings (SSSR count). The van der Waals surface area contributed by atoms with Crippen molar-refractivity contribution in [3.8, 4) is 0 Å². The van der Waals surface area contributed by atoms with Crippen LogP contribution in [0, 0.1) is 5.92 Å². The van der Waals surface area contributed by atoms with Gasteiger partial charge in [-0.25, -0.2) is 0 Å². The van der Waals surface area contributed by atoms with Gasteiger partial charge in [-0.2, -0.15) is 0 Å². The predicted octanol–water partition coefficient (Wildman–Crippen LogP) is 3.62. The van der Waals surface area contributed by atoms with Crippen molar-refractivity contribution < 1.29 is 0 Å². The zero-order valence-corrected chi connectivity index (χ0v) is 10.8. The van der Waals surface area contributed by atoms with Crippen LogP contribution in [0.5, 0.6) is 0 Å². The van der Waals surface area contributed by atoms with Crippen molar-refractivity contribution in [2.24, 2.45) is 5.92 Å². The van der Waals surface area contributed by atoms with Crippen LogP contribution in [0.1, 0.15) is 36.5 Å². The maximum atomic E-state index is 2.81. The maximum Gasteiger partial charge on any atom is -0.0244 e. The predicted molar refractivity (Wildman–Crippen MR) is 70.5 cm³/mol. The lowest BCUT2D eigenvalue weighted by Crippen LogP contribution is -2.13. The van der Waals surface area contributed by atoms with Crippen molar-refractivity contribution in [1.82, 2.24) is 0 Å². The average Bonchev–Trinajstić information content (AvgIpc) is 2.28. The summed E-state index contributed by atoms with van der Waals surface area (Å²) in [4.78, 5) is 0. The molecular formula is C14H21P. The van der Waals surface area contributed by atoms with Crippen molar-refractivity contribution in [3.05, 3.63) is 34.9 Å². The molecule has 2 atom stereocenters. The van der Waals surface area contributed by atoms with E-state index in [4.69, 9.17) is 0 Å². The highest BCUT2D eigenvalue weighted by molar-refractivity contribution is 7.16. The molecule has 1 aliphatic rings. The molecule has 0 nitrogen and oxygen atoms in total. The zero-order chi connectivity index (χ0) is 10.7. The molecule has 0 fully saturated rings. The second-order valence-electron chi connectivity index (χ2n) is 4.66. The summed E-state index contributed by atoms with van der Waals surface area (Å²) in [6, 6.07) is 7.12. The first-order valence-electron chi connectivity index (χ1n) is 6.14. The quantitative estimate of drug-likeness (QED) is 0.682. The summed E-state index contributed by atoms with van der Waals surface area (Å²) in [5.74, 6) is 0.934. The lowest BCUT2D eigenvalue weighted by atomic mass is 9.82. The molecule has 2 unspecified atom stereocenters. The third-order valence-electron chi connectivity index (χ3n) is 3.61. The molecule has 0 aromatic heterocycles. The molecule has 82 valence electrons. The number of fused-ring (bicyclic) bond motifs is 1. The molecule has 1 aliphatic carbocycles. The highest BCUT2D eigenvalue weighted by Gasteiger charge is 2.16. The Balaban J connectivity index is 2.19. The van der Waals surface area contributed by atoms with Crippen LogP contribution in [-0.2, 0) is 19.3 Å². The van der Waals surface area contributed by atoms with E-state index in [0.717, 1.165) is 5.92 Å². The van der Waals surface area contributed by atoms with E-state index >= 15 is 0 Å². The van der Waals surface area contributed by atoms with Crippen molar-refractivity contribution in [1.29, 1.82) is 0 Å². The minimum Gasteiger partial charge on any atom is -0.137 e. The van der Waals surface area contributed by atoms with Crippen molar-refractivity contribution in [2.75, 3.05) is 6.16 Å². The van der Waals surface area contributed by atoms with Gasteiger partial charge in [0.25, 0.3) is 0 Å². The average molecular weight is 220 g/mol. The first-order valence-corrected chi connectivity index (χ1v) is 6.96. The van der Waals surface area contributed by atoms with Crippen LogP contribution >= 0.6 is 9.24 Å². The largest absolute Gasteiger partial charge is 0.137 e. The van der Waals surface area contributed by atoms with Gasteiger partial charge < -0.3 is 0 Å². The van der Waals surface area contributed by atoms with Gasteiger partial charge in [0, 0.05) is 0 Å². The molecule has 0 aliphatic heterocycles. The normalized spacial score (nSPS) is 20.0. The first-order chi connectivity index (χ1) is 7.33. The van der Waals surface area contributed by atoms with Gasteiger partial charge in [-0.05, 0) is 54.5 Å². The van der Waals surface area contributed by atoms with Crippen LogP contribution in [0.4, 0.5) is 0 Å². The molecule has 1 heteroatoms. The van der Waals surface area contributed by atoms with Crippen LogP contribution < -0.4 is 0 Å². The number of hydrogen-bond donors (Lipinski definition) is 0. The Hall–Kier alpha value is -0.350. The topological polar surface area (TPSA) is 0 Å². The summed E-state index contributed by atoms with van der Waals surface area (Å²) < 4.78 is 0. The molecule has 0 N–H and O–H groups in total. The van der Waals surface area contributed by atoms with E-state index in [-0.39, 0.29) is 0 Å². The highest BCUT2D eigenvalue weighted by atomic mass is 31.0. The summed E-state index contributed by atoms with van der Waals surface area (Å²) >= 11 is 0. The first kappa shape index (κ1) is 11.1. The van der Waals surface area contributed by atoms with Crippen molar-refractivity contribution in [3.63, 3.8) is 0 Å².